The molecule has 0 saturated heterocycles. The maximum absolute atomic E-state index is 5.40. The second-order valence-electron chi connectivity index (χ2n) is 5.40. The van der Waals surface area contributed by atoms with Crippen molar-refractivity contribution >= 4 is 0 Å². The molecule has 0 saturated carbocycles. The zero-order valence-corrected chi connectivity index (χ0v) is 11.9. The normalized spacial score (nSPS) is 17.6. The van der Waals surface area contributed by atoms with E-state index >= 15 is 0 Å². The third kappa shape index (κ3) is 2.86. The summed E-state index contributed by atoms with van der Waals surface area (Å²) in [5.74, 6) is 0.969. The Kier molecular flexibility index (Phi) is 4.03. The molecule has 0 aromatic heterocycles. The summed E-state index contributed by atoms with van der Waals surface area (Å²) in [5.41, 5.74) is 4.24. The molecule has 20 heavy (non-hydrogen) atoms. The van der Waals surface area contributed by atoms with E-state index in [0.29, 0.717) is 6.04 Å². The van der Waals surface area contributed by atoms with Crippen LogP contribution in [0, 0.1) is 0 Å². The van der Waals surface area contributed by atoms with Crippen LogP contribution in [0.5, 0.6) is 5.75 Å². The smallest absolute Gasteiger partial charge is 0.123 e. The van der Waals surface area contributed by atoms with E-state index in [0.717, 1.165) is 18.7 Å². The van der Waals surface area contributed by atoms with Gasteiger partial charge in [0.05, 0.1) is 7.11 Å². The van der Waals surface area contributed by atoms with Crippen molar-refractivity contribution in [3.05, 3.63) is 65.2 Å². The fourth-order valence-electron chi connectivity index (χ4n) is 2.98. The van der Waals surface area contributed by atoms with E-state index in [1.165, 1.54) is 29.5 Å². The molecular formula is C18H21NO. The van der Waals surface area contributed by atoms with Gasteiger partial charge in [0.1, 0.15) is 5.75 Å². The number of rotatable bonds is 4. The molecule has 1 aliphatic rings. The summed E-state index contributed by atoms with van der Waals surface area (Å²) in [6, 6.07) is 17.6. The highest BCUT2D eigenvalue weighted by Gasteiger charge is 2.17. The van der Waals surface area contributed by atoms with Crippen LogP contribution < -0.4 is 10.1 Å². The van der Waals surface area contributed by atoms with E-state index in [1.807, 2.05) is 12.1 Å². The van der Waals surface area contributed by atoms with Gasteiger partial charge in [0.2, 0.25) is 0 Å². The lowest BCUT2D eigenvalue weighted by Gasteiger charge is -2.26. The van der Waals surface area contributed by atoms with Crippen molar-refractivity contribution in [2.45, 2.75) is 31.8 Å². The highest BCUT2D eigenvalue weighted by atomic mass is 16.5. The molecule has 0 spiro atoms. The summed E-state index contributed by atoms with van der Waals surface area (Å²) in [7, 11) is 1.73. The molecule has 0 bridgehead atoms. The lowest BCUT2D eigenvalue weighted by molar-refractivity contribution is 0.401. The Morgan fingerprint density at radius 1 is 1.05 bits per heavy atom. The molecule has 104 valence electrons. The minimum absolute atomic E-state index is 0.565. The minimum Gasteiger partial charge on any atom is -0.496 e. The molecule has 2 aromatic carbocycles. The van der Waals surface area contributed by atoms with E-state index < -0.39 is 0 Å². The fraction of sp³-hybridized carbons (Fsp3) is 0.333. The van der Waals surface area contributed by atoms with Gasteiger partial charge in [0.25, 0.3) is 0 Å². The molecule has 0 amide bonds. The standard InChI is InChI=1S/C18H21NO/c1-20-18-9-5-4-8-16(18)13-19-17-11-10-14-6-2-3-7-15(14)12-17/h2-9,17,19H,10-13H2,1H3/t17-/m1/s1. The first-order valence-corrected chi connectivity index (χ1v) is 7.29. The van der Waals surface area contributed by atoms with E-state index in [9.17, 15) is 0 Å². The third-order valence-electron chi connectivity index (χ3n) is 4.12. The zero-order valence-electron chi connectivity index (χ0n) is 11.9. The molecule has 2 aromatic rings. The maximum Gasteiger partial charge on any atom is 0.123 e. The average molecular weight is 267 g/mol. The second-order valence-corrected chi connectivity index (χ2v) is 5.40. The number of nitrogens with one attached hydrogen (secondary N) is 1. The van der Waals surface area contributed by atoms with Crippen LogP contribution in [0.3, 0.4) is 0 Å². The highest BCUT2D eigenvalue weighted by Crippen LogP contribution is 2.22. The minimum atomic E-state index is 0.565. The predicted octanol–water partition coefficient (Wildman–Crippen LogP) is 3.34. The molecular weight excluding hydrogens is 246 g/mol. The van der Waals surface area contributed by atoms with Gasteiger partial charge < -0.3 is 10.1 Å². The molecule has 3 rings (SSSR count). The van der Waals surface area contributed by atoms with Gasteiger partial charge in [0, 0.05) is 18.2 Å². The summed E-state index contributed by atoms with van der Waals surface area (Å²) < 4.78 is 5.40. The Morgan fingerprint density at radius 3 is 2.65 bits per heavy atom. The number of fused-ring (bicyclic) bond motifs is 1. The van der Waals surface area contributed by atoms with Crippen LogP contribution in [-0.4, -0.2) is 13.2 Å². The first-order chi connectivity index (χ1) is 9.86. The predicted molar refractivity (Wildman–Crippen MR) is 82.1 cm³/mol. The molecule has 1 aliphatic carbocycles. The lowest BCUT2D eigenvalue weighted by Crippen LogP contribution is -2.34. The van der Waals surface area contributed by atoms with E-state index in [4.69, 9.17) is 4.74 Å². The summed E-state index contributed by atoms with van der Waals surface area (Å²) in [6.45, 7) is 0.872. The molecule has 2 nitrogen and oxygen atoms in total. The van der Waals surface area contributed by atoms with Gasteiger partial charge in [0.15, 0.2) is 0 Å². The van der Waals surface area contributed by atoms with Crippen LogP contribution in [0.4, 0.5) is 0 Å². The molecule has 2 heteroatoms. The van der Waals surface area contributed by atoms with Crippen LogP contribution in [0.25, 0.3) is 0 Å². The van der Waals surface area contributed by atoms with Crippen LogP contribution in [0.2, 0.25) is 0 Å². The monoisotopic (exact) mass is 267 g/mol. The van der Waals surface area contributed by atoms with Crippen LogP contribution in [0.1, 0.15) is 23.1 Å². The number of hydrogen-bond acceptors (Lipinski definition) is 2. The summed E-state index contributed by atoms with van der Waals surface area (Å²) in [4.78, 5) is 0. The SMILES string of the molecule is COc1ccccc1CN[C@@H]1CCc2ccccc2C1. The van der Waals surface area contributed by atoms with E-state index in [1.54, 1.807) is 7.11 Å². The number of hydrogen-bond donors (Lipinski definition) is 1. The van der Waals surface area contributed by atoms with Crippen molar-refractivity contribution in [2.75, 3.05) is 7.11 Å². The van der Waals surface area contributed by atoms with Crippen molar-refractivity contribution in [3.63, 3.8) is 0 Å². The van der Waals surface area contributed by atoms with Crippen molar-refractivity contribution in [2.24, 2.45) is 0 Å². The molecule has 0 heterocycles. The molecule has 0 radical (unpaired) electrons. The Morgan fingerprint density at radius 2 is 1.80 bits per heavy atom. The lowest BCUT2D eigenvalue weighted by atomic mass is 9.88. The second kappa shape index (κ2) is 6.10. The summed E-state index contributed by atoms with van der Waals surface area (Å²) in [6.07, 6.45) is 3.53. The first kappa shape index (κ1) is 13.2. The topological polar surface area (TPSA) is 21.3 Å². The summed E-state index contributed by atoms with van der Waals surface area (Å²) in [5, 5.41) is 3.67. The number of aryl methyl sites for hydroxylation is 1. The Bertz CT molecular complexity index is 579. The molecule has 0 fully saturated rings. The zero-order chi connectivity index (χ0) is 13.8. The van der Waals surface area contributed by atoms with Gasteiger partial charge in [-0.15, -0.1) is 0 Å². The van der Waals surface area contributed by atoms with Gasteiger partial charge in [-0.05, 0) is 36.5 Å². The van der Waals surface area contributed by atoms with Crippen molar-refractivity contribution in [1.82, 2.24) is 5.32 Å². The van der Waals surface area contributed by atoms with Crippen molar-refractivity contribution < 1.29 is 4.74 Å². The fourth-order valence-corrected chi connectivity index (χ4v) is 2.98. The largest absolute Gasteiger partial charge is 0.496 e. The first-order valence-electron chi connectivity index (χ1n) is 7.29. The summed E-state index contributed by atoms with van der Waals surface area (Å²) >= 11 is 0. The van der Waals surface area contributed by atoms with Gasteiger partial charge in [-0.2, -0.15) is 0 Å². The van der Waals surface area contributed by atoms with Crippen LogP contribution >= 0.6 is 0 Å². The molecule has 1 N–H and O–H groups in total. The number of para-hydroxylation sites is 1. The van der Waals surface area contributed by atoms with Crippen LogP contribution in [0.15, 0.2) is 48.5 Å². The third-order valence-corrected chi connectivity index (χ3v) is 4.12. The van der Waals surface area contributed by atoms with Crippen LogP contribution in [-0.2, 0) is 19.4 Å². The Hall–Kier alpha value is -1.80. The number of methoxy groups -OCH3 is 1. The highest BCUT2D eigenvalue weighted by molar-refractivity contribution is 5.33. The van der Waals surface area contributed by atoms with Crippen molar-refractivity contribution in [1.29, 1.82) is 0 Å². The van der Waals surface area contributed by atoms with Gasteiger partial charge in [-0.3, -0.25) is 0 Å². The van der Waals surface area contributed by atoms with Crippen molar-refractivity contribution in [3.8, 4) is 5.75 Å². The quantitative estimate of drug-likeness (QED) is 0.917. The molecule has 0 aliphatic heterocycles. The van der Waals surface area contributed by atoms with Gasteiger partial charge >= 0.3 is 0 Å². The Balaban J connectivity index is 1.63. The van der Waals surface area contributed by atoms with E-state index in [2.05, 4.69) is 41.7 Å². The van der Waals surface area contributed by atoms with Gasteiger partial charge in [-0.25, -0.2) is 0 Å². The molecule has 0 unspecified atom stereocenters. The van der Waals surface area contributed by atoms with E-state index in [-0.39, 0.29) is 0 Å². The average Bonchev–Trinajstić information content (AvgIpc) is 2.53. The number of ether oxygens (including phenoxy) is 1. The Labute approximate surface area is 120 Å². The maximum atomic E-state index is 5.40. The van der Waals surface area contributed by atoms with Gasteiger partial charge in [-0.1, -0.05) is 42.5 Å². The number of benzene rings is 2. The molecule has 1 atom stereocenters.